The third-order valence-corrected chi connectivity index (χ3v) is 4.06. The summed E-state index contributed by atoms with van der Waals surface area (Å²) in [6, 6.07) is 13.6. The van der Waals surface area contributed by atoms with E-state index in [1.54, 1.807) is 25.7 Å². The Bertz CT molecular complexity index is 831. The Morgan fingerprint density at radius 3 is 2.68 bits per heavy atom. The predicted molar refractivity (Wildman–Crippen MR) is 97.2 cm³/mol. The van der Waals surface area contributed by atoms with Gasteiger partial charge in [-0.05, 0) is 35.6 Å². The second kappa shape index (κ2) is 8.35. The number of pyridine rings is 2. The van der Waals surface area contributed by atoms with Crippen molar-refractivity contribution in [1.82, 2.24) is 14.9 Å². The van der Waals surface area contributed by atoms with Crippen LogP contribution in [0.4, 0.5) is 0 Å². The Morgan fingerprint density at radius 2 is 1.88 bits per heavy atom. The first-order valence-electron chi connectivity index (χ1n) is 8.30. The topological polar surface area (TPSA) is 55.3 Å². The molecule has 0 fully saturated rings. The van der Waals surface area contributed by atoms with E-state index in [2.05, 4.69) is 9.97 Å². The minimum atomic E-state index is -0.0651. The maximum absolute atomic E-state index is 13.2. The van der Waals surface area contributed by atoms with Crippen molar-refractivity contribution in [2.24, 2.45) is 0 Å². The van der Waals surface area contributed by atoms with Gasteiger partial charge in [-0.15, -0.1) is 0 Å². The fourth-order valence-corrected chi connectivity index (χ4v) is 2.80. The number of methoxy groups -OCH3 is 1. The SMILES string of the molecule is COCCCN(Cc1ccncc1)C(=O)c1nccc2ccccc12. The highest BCUT2D eigenvalue weighted by atomic mass is 16.5. The molecule has 3 aromatic rings. The number of nitrogens with zero attached hydrogens (tertiary/aromatic N) is 3. The highest BCUT2D eigenvalue weighted by Crippen LogP contribution is 2.19. The van der Waals surface area contributed by atoms with E-state index in [0.29, 0.717) is 25.4 Å². The Labute approximate surface area is 147 Å². The summed E-state index contributed by atoms with van der Waals surface area (Å²) in [5.74, 6) is -0.0651. The molecule has 25 heavy (non-hydrogen) atoms. The van der Waals surface area contributed by atoms with Gasteiger partial charge < -0.3 is 9.64 Å². The quantitative estimate of drug-likeness (QED) is 0.622. The van der Waals surface area contributed by atoms with E-state index in [4.69, 9.17) is 4.74 Å². The summed E-state index contributed by atoms with van der Waals surface area (Å²) in [4.78, 5) is 23.4. The highest BCUT2D eigenvalue weighted by Gasteiger charge is 2.19. The van der Waals surface area contributed by atoms with Gasteiger partial charge in [0.25, 0.3) is 5.91 Å². The van der Waals surface area contributed by atoms with Gasteiger partial charge in [-0.2, -0.15) is 0 Å². The van der Waals surface area contributed by atoms with Crippen LogP contribution in [0.1, 0.15) is 22.5 Å². The standard InChI is InChI=1S/C20H21N3O2/c1-25-14-4-13-23(15-16-7-10-21-11-8-16)20(24)19-18-6-3-2-5-17(18)9-12-22-19/h2-3,5-12H,4,13-15H2,1H3. The van der Waals surface area contributed by atoms with E-state index in [1.807, 2.05) is 47.4 Å². The second-order valence-corrected chi connectivity index (χ2v) is 5.81. The van der Waals surface area contributed by atoms with Crippen LogP contribution in [-0.2, 0) is 11.3 Å². The first-order chi connectivity index (χ1) is 12.3. The van der Waals surface area contributed by atoms with Gasteiger partial charge in [-0.1, -0.05) is 24.3 Å². The van der Waals surface area contributed by atoms with Crippen LogP contribution in [0.15, 0.2) is 61.1 Å². The summed E-state index contributed by atoms with van der Waals surface area (Å²) in [6.45, 7) is 1.75. The van der Waals surface area contributed by atoms with Crippen LogP contribution in [0.5, 0.6) is 0 Å². The van der Waals surface area contributed by atoms with Crippen LogP contribution >= 0.6 is 0 Å². The number of aromatic nitrogens is 2. The van der Waals surface area contributed by atoms with Crippen LogP contribution in [0.25, 0.3) is 10.8 Å². The van der Waals surface area contributed by atoms with Gasteiger partial charge in [0, 0.05) is 50.8 Å². The van der Waals surface area contributed by atoms with Crippen LogP contribution in [0.2, 0.25) is 0 Å². The number of benzene rings is 1. The molecule has 0 aliphatic carbocycles. The van der Waals surface area contributed by atoms with Gasteiger partial charge in [-0.25, -0.2) is 0 Å². The number of amides is 1. The van der Waals surface area contributed by atoms with Crippen molar-refractivity contribution in [3.05, 3.63) is 72.3 Å². The van der Waals surface area contributed by atoms with E-state index in [-0.39, 0.29) is 5.91 Å². The molecule has 0 aliphatic rings. The molecular weight excluding hydrogens is 314 g/mol. The molecule has 0 radical (unpaired) electrons. The third-order valence-electron chi connectivity index (χ3n) is 4.06. The number of fused-ring (bicyclic) bond motifs is 1. The molecule has 0 saturated carbocycles. The number of carbonyl (C=O) groups excluding carboxylic acids is 1. The molecule has 3 rings (SSSR count). The van der Waals surface area contributed by atoms with Crippen LogP contribution in [0, 0.1) is 0 Å². The molecule has 0 bridgehead atoms. The summed E-state index contributed by atoms with van der Waals surface area (Å²) in [7, 11) is 1.67. The van der Waals surface area contributed by atoms with Crippen molar-refractivity contribution < 1.29 is 9.53 Å². The average molecular weight is 335 g/mol. The van der Waals surface area contributed by atoms with Crippen molar-refractivity contribution in [3.63, 3.8) is 0 Å². The predicted octanol–water partition coefficient (Wildman–Crippen LogP) is 3.31. The molecule has 0 aliphatic heterocycles. The van der Waals surface area contributed by atoms with Gasteiger partial charge in [0.05, 0.1) is 0 Å². The highest BCUT2D eigenvalue weighted by molar-refractivity contribution is 6.05. The first-order valence-corrected chi connectivity index (χ1v) is 8.30. The van der Waals surface area contributed by atoms with Crippen molar-refractivity contribution >= 4 is 16.7 Å². The van der Waals surface area contributed by atoms with E-state index in [1.165, 1.54) is 0 Å². The molecule has 0 N–H and O–H groups in total. The molecule has 0 atom stereocenters. The number of rotatable bonds is 7. The van der Waals surface area contributed by atoms with Gasteiger partial charge >= 0.3 is 0 Å². The molecule has 0 saturated heterocycles. The summed E-state index contributed by atoms with van der Waals surface area (Å²) >= 11 is 0. The lowest BCUT2D eigenvalue weighted by molar-refractivity contribution is 0.0720. The Kier molecular flexibility index (Phi) is 5.69. The van der Waals surface area contributed by atoms with E-state index < -0.39 is 0 Å². The molecule has 128 valence electrons. The number of hydrogen-bond donors (Lipinski definition) is 0. The van der Waals surface area contributed by atoms with Gasteiger partial charge in [-0.3, -0.25) is 14.8 Å². The summed E-state index contributed by atoms with van der Waals surface area (Å²) < 4.78 is 5.13. The lowest BCUT2D eigenvalue weighted by Gasteiger charge is -2.23. The molecule has 0 spiro atoms. The summed E-state index contributed by atoms with van der Waals surface area (Å²) in [5, 5.41) is 1.89. The van der Waals surface area contributed by atoms with Crippen molar-refractivity contribution in [3.8, 4) is 0 Å². The number of hydrogen-bond acceptors (Lipinski definition) is 4. The zero-order chi connectivity index (χ0) is 17.5. The normalized spacial score (nSPS) is 10.8. The van der Waals surface area contributed by atoms with Gasteiger partial charge in [0.1, 0.15) is 5.69 Å². The fraction of sp³-hybridized carbons (Fsp3) is 0.250. The van der Waals surface area contributed by atoms with Crippen LogP contribution in [-0.4, -0.2) is 41.0 Å². The van der Waals surface area contributed by atoms with Crippen molar-refractivity contribution in [1.29, 1.82) is 0 Å². The smallest absolute Gasteiger partial charge is 0.273 e. The van der Waals surface area contributed by atoms with E-state index >= 15 is 0 Å². The minimum absolute atomic E-state index is 0.0651. The lowest BCUT2D eigenvalue weighted by Crippen LogP contribution is -2.32. The molecule has 0 unspecified atom stereocenters. The first kappa shape index (κ1) is 17.0. The summed E-state index contributed by atoms with van der Waals surface area (Å²) in [5.41, 5.74) is 1.53. The Hall–Kier alpha value is -2.79. The van der Waals surface area contributed by atoms with Gasteiger partial charge in [0.15, 0.2) is 0 Å². The van der Waals surface area contributed by atoms with E-state index in [0.717, 1.165) is 22.8 Å². The monoisotopic (exact) mass is 335 g/mol. The molecule has 2 heterocycles. The summed E-state index contributed by atoms with van der Waals surface area (Å²) in [6.07, 6.45) is 5.94. The van der Waals surface area contributed by atoms with E-state index in [9.17, 15) is 4.79 Å². The fourth-order valence-electron chi connectivity index (χ4n) is 2.80. The molecule has 5 heteroatoms. The molecule has 5 nitrogen and oxygen atoms in total. The lowest BCUT2D eigenvalue weighted by atomic mass is 10.1. The minimum Gasteiger partial charge on any atom is -0.385 e. The maximum atomic E-state index is 13.2. The van der Waals surface area contributed by atoms with Crippen molar-refractivity contribution in [2.45, 2.75) is 13.0 Å². The Morgan fingerprint density at radius 1 is 1.08 bits per heavy atom. The molecular formula is C20H21N3O2. The zero-order valence-corrected chi connectivity index (χ0v) is 14.3. The maximum Gasteiger partial charge on any atom is 0.273 e. The van der Waals surface area contributed by atoms with Gasteiger partial charge in [0.2, 0.25) is 0 Å². The second-order valence-electron chi connectivity index (χ2n) is 5.81. The average Bonchev–Trinajstić information content (AvgIpc) is 2.67. The molecule has 1 aromatic carbocycles. The Balaban J connectivity index is 1.89. The third kappa shape index (κ3) is 4.19. The van der Waals surface area contributed by atoms with Crippen LogP contribution < -0.4 is 0 Å². The van der Waals surface area contributed by atoms with Crippen LogP contribution in [0.3, 0.4) is 0 Å². The number of carbonyl (C=O) groups is 1. The largest absolute Gasteiger partial charge is 0.385 e. The number of ether oxygens (including phenoxy) is 1. The zero-order valence-electron chi connectivity index (χ0n) is 14.3. The molecule has 2 aromatic heterocycles. The van der Waals surface area contributed by atoms with Crippen molar-refractivity contribution in [2.75, 3.05) is 20.3 Å². The molecule has 1 amide bonds.